The number of rotatable bonds is 2. The molecule has 2 rings (SSSR count). The SMILES string of the molecule is Cc1cc2nn(CC(=O)O)c(=O)n2cn1. The summed E-state index contributed by atoms with van der Waals surface area (Å²) in [6.45, 7) is 1.32. The van der Waals surface area contributed by atoms with Crippen molar-refractivity contribution in [3.8, 4) is 0 Å². The van der Waals surface area contributed by atoms with Crippen LogP contribution in [0.1, 0.15) is 5.69 Å². The van der Waals surface area contributed by atoms with Crippen molar-refractivity contribution in [2.45, 2.75) is 13.5 Å². The van der Waals surface area contributed by atoms with Crippen LogP contribution >= 0.6 is 0 Å². The van der Waals surface area contributed by atoms with Gasteiger partial charge in [-0.05, 0) is 6.92 Å². The van der Waals surface area contributed by atoms with Gasteiger partial charge < -0.3 is 5.11 Å². The number of carboxylic acid groups (broad SMARTS) is 1. The molecule has 0 bridgehead atoms. The lowest BCUT2D eigenvalue weighted by Gasteiger charge is -1.90. The topological polar surface area (TPSA) is 89.5 Å². The highest BCUT2D eigenvalue weighted by Gasteiger charge is 2.09. The second kappa shape index (κ2) is 3.19. The molecule has 0 aromatic carbocycles. The van der Waals surface area contributed by atoms with Crippen LogP contribution in [0.3, 0.4) is 0 Å². The van der Waals surface area contributed by atoms with E-state index in [1.54, 1.807) is 13.0 Å². The van der Waals surface area contributed by atoms with Crippen molar-refractivity contribution in [1.82, 2.24) is 19.2 Å². The van der Waals surface area contributed by atoms with Gasteiger partial charge >= 0.3 is 11.7 Å². The van der Waals surface area contributed by atoms with Gasteiger partial charge in [0.15, 0.2) is 5.65 Å². The van der Waals surface area contributed by atoms with Crippen LogP contribution in [-0.2, 0) is 11.3 Å². The highest BCUT2D eigenvalue weighted by atomic mass is 16.4. The number of hydrogen-bond acceptors (Lipinski definition) is 4. The average Bonchev–Trinajstić information content (AvgIpc) is 2.42. The van der Waals surface area contributed by atoms with Crippen molar-refractivity contribution < 1.29 is 9.90 Å². The zero-order chi connectivity index (χ0) is 11.0. The van der Waals surface area contributed by atoms with Crippen LogP contribution in [-0.4, -0.2) is 30.2 Å². The van der Waals surface area contributed by atoms with Gasteiger partial charge in [0.25, 0.3) is 0 Å². The molecule has 2 heterocycles. The molecule has 78 valence electrons. The Morgan fingerprint density at radius 1 is 1.60 bits per heavy atom. The molecule has 7 nitrogen and oxygen atoms in total. The molecule has 15 heavy (non-hydrogen) atoms. The standard InChI is InChI=1S/C8H8N4O3/c1-5-2-6-10-12(3-7(13)14)8(15)11(6)4-9-5/h2,4H,3H2,1H3,(H,13,14). The first-order chi connectivity index (χ1) is 7.08. The largest absolute Gasteiger partial charge is 0.480 e. The lowest BCUT2D eigenvalue weighted by molar-refractivity contribution is -0.137. The van der Waals surface area contributed by atoms with Gasteiger partial charge in [-0.25, -0.2) is 18.9 Å². The first-order valence-corrected chi connectivity index (χ1v) is 4.21. The Bertz CT molecular complexity index is 583. The minimum atomic E-state index is -1.11. The minimum absolute atomic E-state index is 0.397. The van der Waals surface area contributed by atoms with Crippen LogP contribution in [0.25, 0.3) is 5.65 Å². The zero-order valence-electron chi connectivity index (χ0n) is 7.91. The molecule has 2 aromatic rings. The normalized spacial score (nSPS) is 10.7. The summed E-state index contributed by atoms with van der Waals surface area (Å²) in [6, 6.07) is 1.61. The zero-order valence-corrected chi connectivity index (χ0v) is 7.91. The third-order valence-electron chi connectivity index (χ3n) is 1.90. The van der Waals surface area contributed by atoms with Crippen LogP contribution in [0.15, 0.2) is 17.2 Å². The van der Waals surface area contributed by atoms with E-state index in [2.05, 4.69) is 10.1 Å². The van der Waals surface area contributed by atoms with Crippen LogP contribution in [0.2, 0.25) is 0 Å². The van der Waals surface area contributed by atoms with Crippen LogP contribution in [0.4, 0.5) is 0 Å². The maximum absolute atomic E-state index is 11.5. The van der Waals surface area contributed by atoms with E-state index in [0.717, 1.165) is 10.4 Å². The van der Waals surface area contributed by atoms with E-state index in [-0.39, 0.29) is 0 Å². The fourth-order valence-electron chi connectivity index (χ4n) is 1.25. The highest BCUT2D eigenvalue weighted by Crippen LogP contribution is 1.97. The smallest absolute Gasteiger partial charge is 0.352 e. The molecule has 0 aliphatic rings. The highest BCUT2D eigenvalue weighted by molar-refractivity contribution is 5.66. The number of carboxylic acids is 1. The Hall–Kier alpha value is -2.18. The van der Waals surface area contributed by atoms with Gasteiger partial charge in [0, 0.05) is 11.8 Å². The van der Waals surface area contributed by atoms with Gasteiger partial charge in [-0.2, -0.15) is 0 Å². The van der Waals surface area contributed by atoms with Crippen LogP contribution < -0.4 is 5.69 Å². The van der Waals surface area contributed by atoms with Crippen molar-refractivity contribution in [2.24, 2.45) is 0 Å². The molecule has 7 heteroatoms. The number of aromatic nitrogens is 4. The van der Waals surface area contributed by atoms with E-state index in [9.17, 15) is 9.59 Å². The molecular formula is C8H8N4O3. The maximum atomic E-state index is 11.5. The Labute approximate surface area is 83.6 Å². The average molecular weight is 208 g/mol. The molecule has 1 N–H and O–H groups in total. The van der Waals surface area contributed by atoms with E-state index in [0.29, 0.717) is 5.65 Å². The van der Waals surface area contributed by atoms with Gasteiger partial charge in [-0.1, -0.05) is 0 Å². The minimum Gasteiger partial charge on any atom is -0.480 e. The van der Waals surface area contributed by atoms with Crippen molar-refractivity contribution >= 4 is 11.6 Å². The van der Waals surface area contributed by atoms with E-state index < -0.39 is 18.2 Å². The molecule has 0 fully saturated rings. The number of carbonyl (C=O) groups is 1. The summed E-state index contributed by atoms with van der Waals surface area (Å²) in [7, 11) is 0. The molecule has 0 saturated heterocycles. The second-order valence-corrected chi connectivity index (χ2v) is 3.09. The van der Waals surface area contributed by atoms with E-state index in [1.165, 1.54) is 10.7 Å². The Morgan fingerprint density at radius 3 is 3.00 bits per heavy atom. The summed E-state index contributed by atoms with van der Waals surface area (Å²) in [4.78, 5) is 25.9. The van der Waals surface area contributed by atoms with E-state index in [1.807, 2.05) is 0 Å². The lowest BCUT2D eigenvalue weighted by atomic mass is 10.4. The predicted octanol–water partition coefficient (Wildman–Crippen LogP) is -0.716. The van der Waals surface area contributed by atoms with Gasteiger partial charge in [0.2, 0.25) is 0 Å². The molecular weight excluding hydrogens is 200 g/mol. The van der Waals surface area contributed by atoms with Gasteiger partial charge in [0.1, 0.15) is 12.9 Å². The van der Waals surface area contributed by atoms with Gasteiger partial charge in [0.05, 0.1) is 0 Å². The molecule has 0 saturated carbocycles. The summed E-state index contributed by atoms with van der Waals surface area (Å²) in [5.41, 5.74) is 0.614. The molecule has 0 amide bonds. The van der Waals surface area contributed by atoms with Crippen molar-refractivity contribution in [2.75, 3.05) is 0 Å². The van der Waals surface area contributed by atoms with E-state index in [4.69, 9.17) is 5.11 Å². The lowest BCUT2D eigenvalue weighted by Crippen LogP contribution is -2.24. The summed E-state index contributed by atoms with van der Waals surface area (Å²) >= 11 is 0. The van der Waals surface area contributed by atoms with Crippen molar-refractivity contribution in [3.63, 3.8) is 0 Å². The fraction of sp³-hybridized carbons (Fsp3) is 0.250. The summed E-state index contributed by atoms with van der Waals surface area (Å²) in [5, 5.41) is 12.4. The first-order valence-electron chi connectivity index (χ1n) is 4.21. The summed E-state index contributed by atoms with van der Waals surface area (Å²) < 4.78 is 2.09. The van der Waals surface area contributed by atoms with Crippen molar-refractivity contribution in [3.05, 3.63) is 28.6 Å². The number of nitrogens with zero attached hydrogens (tertiary/aromatic N) is 4. The molecule has 0 aliphatic heterocycles. The second-order valence-electron chi connectivity index (χ2n) is 3.09. The monoisotopic (exact) mass is 208 g/mol. The molecule has 0 spiro atoms. The third kappa shape index (κ3) is 1.58. The van der Waals surface area contributed by atoms with Crippen LogP contribution in [0, 0.1) is 6.92 Å². The molecule has 0 unspecified atom stereocenters. The Balaban J connectivity index is 2.64. The Kier molecular flexibility index (Phi) is 2.00. The van der Waals surface area contributed by atoms with Gasteiger partial charge in [-0.15, -0.1) is 5.10 Å². The number of hydrogen-bond donors (Lipinski definition) is 1. The molecule has 2 aromatic heterocycles. The molecule has 0 radical (unpaired) electrons. The number of fused-ring (bicyclic) bond motifs is 1. The maximum Gasteiger partial charge on any atom is 0.352 e. The fourth-order valence-corrected chi connectivity index (χ4v) is 1.25. The quantitative estimate of drug-likeness (QED) is 0.703. The third-order valence-corrected chi connectivity index (χ3v) is 1.90. The summed E-state index contributed by atoms with van der Waals surface area (Å²) in [5.74, 6) is -1.11. The van der Waals surface area contributed by atoms with Crippen LogP contribution in [0.5, 0.6) is 0 Å². The number of aliphatic carboxylic acids is 1. The predicted molar refractivity (Wildman–Crippen MR) is 49.6 cm³/mol. The van der Waals surface area contributed by atoms with Crippen molar-refractivity contribution in [1.29, 1.82) is 0 Å². The van der Waals surface area contributed by atoms with E-state index >= 15 is 0 Å². The number of aryl methyl sites for hydroxylation is 1. The summed E-state index contributed by atoms with van der Waals surface area (Å²) in [6.07, 6.45) is 1.33. The van der Waals surface area contributed by atoms with Gasteiger partial charge in [-0.3, -0.25) is 4.79 Å². The first kappa shape index (κ1) is 9.38. The molecule has 0 atom stereocenters. The molecule has 0 aliphatic carbocycles. The Morgan fingerprint density at radius 2 is 2.33 bits per heavy atom.